The molecule has 1 atom stereocenters. The third-order valence-corrected chi connectivity index (χ3v) is 6.67. The number of carbonyl (C=O) groups excluding carboxylic acids is 1. The van der Waals surface area contributed by atoms with Crippen LogP contribution in [0.4, 0.5) is 0 Å². The lowest BCUT2D eigenvalue weighted by Gasteiger charge is -2.18. The van der Waals surface area contributed by atoms with Gasteiger partial charge < -0.3 is 14.2 Å². The first-order chi connectivity index (χ1) is 15.6. The van der Waals surface area contributed by atoms with E-state index < -0.39 is 0 Å². The van der Waals surface area contributed by atoms with Crippen LogP contribution in [0, 0.1) is 11.3 Å². The number of thioether (sulfide) groups is 1. The van der Waals surface area contributed by atoms with E-state index >= 15 is 0 Å². The maximum Gasteiger partial charge on any atom is 0.266 e. The molecule has 2 aromatic rings. The molecule has 0 aromatic heterocycles. The Bertz CT molecular complexity index is 1100. The number of nitriles is 1. The molecule has 1 amide bonds. The van der Waals surface area contributed by atoms with Crippen LogP contribution in [-0.2, 0) is 16.1 Å². The van der Waals surface area contributed by atoms with E-state index in [-0.39, 0.29) is 18.6 Å². The van der Waals surface area contributed by atoms with Crippen molar-refractivity contribution >= 4 is 40.3 Å². The molecule has 2 saturated heterocycles. The molecular weight excluding hydrogens is 444 g/mol. The molecular formula is C24H22N2O4S2. The molecule has 164 valence electrons. The van der Waals surface area contributed by atoms with Gasteiger partial charge in [-0.3, -0.25) is 9.69 Å². The zero-order valence-corrected chi connectivity index (χ0v) is 19.2. The number of ether oxygens (including phenoxy) is 3. The first kappa shape index (κ1) is 22.3. The highest BCUT2D eigenvalue weighted by molar-refractivity contribution is 8.26. The summed E-state index contributed by atoms with van der Waals surface area (Å²) in [4.78, 5) is 15.1. The number of thiocarbonyl (C=S) groups is 1. The highest BCUT2D eigenvalue weighted by atomic mass is 32.2. The fraction of sp³-hybridized carbons (Fsp3) is 0.292. The summed E-state index contributed by atoms with van der Waals surface area (Å²) in [5.41, 5.74) is 2.19. The topological polar surface area (TPSA) is 71.8 Å². The molecule has 0 aliphatic carbocycles. The second-order valence-corrected chi connectivity index (χ2v) is 9.07. The van der Waals surface area contributed by atoms with Crippen LogP contribution in [0.2, 0.25) is 0 Å². The smallest absolute Gasteiger partial charge is 0.266 e. The van der Waals surface area contributed by atoms with Crippen molar-refractivity contribution < 1.29 is 19.0 Å². The zero-order valence-electron chi connectivity index (χ0n) is 17.6. The van der Waals surface area contributed by atoms with Gasteiger partial charge in [0.25, 0.3) is 5.91 Å². The van der Waals surface area contributed by atoms with E-state index in [1.165, 1.54) is 11.8 Å². The standard InChI is InChI=1S/C24H22N2O4S2/c1-28-21-11-16(8-9-20(21)30-15-18-6-3-2-5-17(18)13-25)12-22-23(27)26(24(31)32-22)14-19-7-4-10-29-19/h2-3,5-6,8-9,11-12,19H,4,7,10,14-15H2,1H3/b22-12-/t19-/m0/s1. The summed E-state index contributed by atoms with van der Waals surface area (Å²) in [7, 11) is 1.57. The fourth-order valence-corrected chi connectivity index (χ4v) is 4.88. The van der Waals surface area contributed by atoms with Crippen molar-refractivity contribution in [3.05, 3.63) is 64.1 Å². The molecule has 0 saturated carbocycles. The maximum absolute atomic E-state index is 12.9. The Morgan fingerprint density at radius 3 is 2.91 bits per heavy atom. The number of hydrogen-bond acceptors (Lipinski definition) is 7. The normalized spacial score (nSPS) is 19.4. The monoisotopic (exact) mass is 466 g/mol. The van der Waals surface area contributed by atoms with Crippen molar-refractivity contribution in [3.63, 3.8) is 0 Å². The summed E-state index contributed by atoms with van der Waals surface area (Å²) in [5.74, 6) is 1.01. The van der Waals surface area contributed by atoms with E-state index in [1.807, 2.05) is 36.4 Å². The Hall–Kier alpha value is -2.86. The number of carbonyl (C=O) groups is 1. The average molecular weight is 467 g/mol. The quantitative estimate of drug-likeness (QED) is 0.439. The molecule has 8 heteroatoms. The molecule has 0 spiro atoms. The number of benzene rings is 2. The van der Waals surface area contributed by atoms with Gasteiger partial charge in [-0.2, -0.15) is 5.26 Å². The molecule has 0 N–H and O–H groups in total. The van der Waals surface area contributed by atoms with Gasteiger partial charge in [0.2, 0.25) is 0 Å². The maximum atomic E-state index is 12.9. The van der Waals surface area contributed by atoms with Crippen LogP contribution in [0.15, 0.2) is 47.4 Å². The van der Waals surface area contributed by atoms with E-state index in [9.17, 15) is 10.1 Å². The van der Waals surface area contributed by atoms with Gasteiger partial charge in [-0.05, 0) is 42.7 Å². The predicted octanol–water partition coefficient (Wildman–Crippen LogP) is 4.53. The van der Waals surface area contributed by atoms with Crippen molar-refractivity contribution in [1.29, 1.82) is 5.26 Å². The fourth-order valence-electron chi connectivity index (χ4n) is 3.60. The van der Waals surface area contributed by atoms with Gasteiger partial charge in [-0.1, -0.05) is 48.2 Å². The van der Waals surface area contributed by atoms with Gasteiger partial charge in [-0.15, -0.1) is 0 Å². The molecule has 0 unspecified atom stereocenters. The largest absolute Gasteiger partial charge is 0.493 e. The number of methoxy groups -OCH3 is 1. The minimum atomic E-state index is -0.0945. The van der Waals surface area contributed by atoms with Crippen LogP contribution in [-0.4, -0.2) is 41.5 Å². The van der Waals surface area contributed by atoms with Crippen molar-refractivity contribution in [2.75, 3.05) is 20.3 Å². The number of hydrogen-bond donors (Lipinski definition) is 0. The molecule has 2 fully saturated rings. The van der Waals surface area contributed by atoms with Crippen LogP contribution in [0.25, 0.3) is 6.08 Å². The van der Waals surface area contributed by atoms with Gasteiger partial charge in [0.05, 0.1) is 36.3 Å². The molecule has 2 heterocycles. The minimum Gasteiger partial charge on any atom is -0.493 e. The molecule has 0 radical (unpaired) electrons. The number of nitrogens with zero attached hydrogens (tertiary/aromatic N) is 2. The third kappa shape index (κ3) is 4.96. The van der Waals surface area contributed by atoms with Gasteiger partial charge in [0.1, 0.15) is 10.9 Å². The van der Waals surface area contributed by atoms with Gasteiger partial charge >= 0.3 is 0 Å². The van der Waals surface area contributed by atoms with Crippen LogP contribution >= 0.6 is 24.0 Å². The van der Waals surface area contributed by atoms with E-state index in [0.717, 1.165) is 30.6 Å². The highest BCUT2D eigenvalue weighted by Gasteiger charge is 2.34. The van der Waals surface area contributed by atoms with Gasteiger partial charge in [0.15, 0.2) is 11.5 Å². The minimum absolute atomic E-state index is 0.0551. The first-order valence-electron chi connectivity index (χ1n) is 10.2. The molecule has 6 nitrogen and oxygen atoms in total. The summed E-state index contributed by atoms with van der Waals surface area (Å²) in [5, 5.41) is 9.24. The van der Waals surface area contributed by atoms with Crippen molar-refractivity contribution in [2.45, 2.75) is 25.6 Å². The summed E-state index contributed by atoms with van der Waals surface area (Å²) in [6.45, 7) is 1.50. The van der Waals surface area contributed by atoms with Crippen molar-refractivity contribution in [1.82, 2.24) is 4.90 Å². The van der Waals surface area contributed by atoms with E-state index in [0.29, 0.717) is 32.8 Å². The van der Waals surface area contributed by atoms with Gasteiger partial charge in [0, 0.05) is 12.2 Å². The molecule has 2 aliphatic heterocycles. The van der Waals surface area contributed by atoms with Crippen molar-refractivity contribution in [2.24, 2.45) is 0 Å². The van der Waals surface area contributed by atoms with Crippen LogP contribution in [0.1, 0.15) is 29.5 Å². The van der Waals surface area contributed by atoms with E-state index in [1.54, 1.807) is 24.1 Å². The zero-order chi connectivity index (χ0) is 22.5. The lowest BCUT2D eigenvalue weighted by molar-refractivity contribution is -0.123. The van der Waals surface area contributed by atoms with Crippen LogP contribution < -0.4 is 9.47 Å². The Kier molecular flexibility index (Phi) is 7.10. The Morgan fingerprint density at radius 2 is 2.16 bits per heavy atom. The second-order valence-electron chi connectivity index (χ2n) is 7.40. The average Bonchev–Trinajstić information content (AvgIpc) is 3.42. The Morgan fingerprint density at radius 1 is 1.31 bits per heavy atom. The summed E-state index contributed by atoms with van der Waals surface area (Å²) < 4.78 is 17.6. The van der Waals surface area contributed by atoms with Gasteiger partial charge in [-0.25, -0.2) is 0 Å². The lowest BCUT2D eigenvalue weighted by atomic mass is 10.1. The van der Waals surface area contributed by atoms with Crippen LogP contribution in [0.5, 0.6) is 11.5 Å². The van der Waals surface area contributed by atoms with Crippen LogP contribution in [0.3, 0.4) is 0 Å². The SMILES string of the molecule is COc1cc(/C=C2\SC(=S)N(C[C@@H]3CCCO3)C2=O)ccc1OCc1ccccc1C#N. The molecule has 4 rings (SSSR count). The van der Waals surface area contributed by atoms with Crippen molar-refractivity contribution in [3.8, 4) is 17.6 Å². The second kappa shape index (κ2) is 10.2. The third-order valence-electron chi connectivity index (χ3n) is 5.29. The van der Waals surface area contributed by atoms with E-state index in [2.05, 4.69) is 6.07 Å². The first-order valence-corrected chi connectivity index (χ1v) is 11.5. The Labute approximate surface area is 196 Å². The van der Waals surface area contributed by atoms with E-state index in [4.69, 9.17) is 26.4 Å². The predicted molar refractivity (Wildman–Crippen MR) is 127 cm³/mol. The highest BCUT2D eigenvalue weighted by Crippen LogP contribution is 2.35. The molecule has 2 aromatic carbocycles. The summed E-state index contributed by atoms with van der Waals surface area (Å²) in [6.07, 6.45) is 3.84. The summed E-state index contributed by atoms with van der Waals surface area (Å²) >= 11 is 6.72. The number of rotatable bonds is 7. The lowest BCUT2D eigenvalue weighted by Crippen LogP contribution is -2.35. The molecule has 2 aliphatic rings. The summed E-state index contributed by atoms with van der Waals surface area (Å²) in [6, 6.07) is 15.0. The number of amides is 1. The Balaban J connectivity index is 1.47. The molecule has 0 bridgehead atoms. The molecule has 32 heavy (non-hydrogen) atoms.